The van der Waals surface area contributed by atoms with Crippen LogP contribution in [0.15, 0.2) is 107 Å². The summed E-state index contributed by atoms with van der Waals surface area (Å²) in [6, 6.07) is 21.0. The quantitative estimate of drug-likeness (QED) is 0.0691. The second-order valence-corrected chi connectivity index (χ2v) is 15.2. The lowest BCUT2D eigenvalue weighted by atomic mass is 10.1. The molecule has 0 aliphatic rings. The van der Waals surface area contributed by atoms with Gasteiger partial charge in [0.05, 0.1) is 11.4 Å². The van der Waals surface area contributed by atoms with E-state index in [1.54, 1.807) is 13.8 Å². The number of rotatable bonds is 8. The smallest absolute Gasteiger partial charge is 0.314 e. The lowest BCUT2D eigenvalue weighted by Crippen LogP contribution is -2.29. The Labute approximate surface area is 318 Å². The Balaban J connectivity index is 1.13. The van der Waals surface area contributed by atoms with Crippen LogP contribution in [0.1, 0.15) is 31.8 Å². The zero-order chi connectivity index (χ0) is 40.7. The Morgan fingerprint density at radius 1 is 0.482 bits per heavy atom. The van der Waals surface area contributed by atoms with Crippen molar-refractivity contribution in [2.24, 2.45) is 0 Å². The first-order chi connectivity index (χ1) is 26.3. The number of carbonyl (C=O) groups is 4. The number of aryl methyl sites for hydroxylation is 2. The molecule has 6 rings (SSSR count). The predicted octanol–water partition coefficient (Wildman–Crippen LogP) is 5.60. The molecule has 8 N–H and O–H groups in total. The molecule has 18 heteroatoms. The van der Waals surface area contributed by atoms with Gasteiger partial charge in [0.15, 0.2) is 0 Å². The van der Waals surface area contributed by atoms with E-state index in [1.165, 1.54) is 72.8 Å². The van der Waals surface area contributed by atoms with Crippen molar-refractivity contribution in [2.75, 3.05) is 21.3 Å². The van der Waals surface area contributed by atoms with Gasteiger partial charge in [-0.3, -0.25) is 28.3 Å². The van der Waals surface area contributed by atoms with E-state index in [0.717, 1.165) is 24.3 Å². The van der Waals surface area contributed by atoms with Gasteiger partial charge in [0.1, 0.15) is 21.3 Å². The van der Waals surface area contributed by atoms with Crippen LogP contribution in [-0.2, 0) is 29.8 Å². The van der Waals surface area contributed by atoms with Gasteiger partial charge in [0.2, 0.25) is 0 Å². The largest absolute Gasteiger partial charge is 0.507 e. The summed E-state index contributed by atoms with van der Waals surface area (Å²) in [7, 11) is -9.46. The molecule has 6 aromatic carbocycles. The number of carbonyl (C=O) groups excluding carboxylic acids is 4. The maximum absolute atomic E-state index is 13.2. The normalized spacial score (nSPS) is 11.6. The first kappa shape index (κ1) is 38.9. The van der Waals surface area contributed by atoms with Gasteiger partial charge in [-0.25, -0.2) is 0 Å². The van der Waals surface area contributed by atoms with Crippen LogP contribution in [0, 0.1) is 13.8 Å². The molecule has 4 amide bonds. The molecular weight excluding hydrogens is 769 g/mol. The fourth-order valence-electron chi connectivity index (χ4n) is 5.99. The van der Waals surface area contributed by atoms with Crippen molar-refractivity contribution in [3.63, 3.8) is 0 Å². The lowest BCUT2D eigenvalue weighted by molar-refractivity contribution is -0.133. The number of benzene rings is 6. The van der Waals surface area contributed by atoms with Crippen LogP contribution in [0.4, 0.5) is 22.7 Å². The van der Waals surface area contributed by atoms with Crippen molar-refractivity contribution in [1.29, 1.82) is 0 Å². The van der Waals surface area contributed by atoms with Gasteiger partial charge in [-0.05, 0) is 97.8 Å². The second kappa shape index (κ2) is 14.8. The highest BCUT2D eigenvalue weighted by Gasteiger charge is 2.23. The highest BCUT2D eigenvalue weighted by molar-refractivity contribution is 7.86. The first-order valence-electron chi connectivity index (χ1n) is 16.2. The molecule has 0 radical (unpaired) electrons. The van der Waals surface area contributed by atoms with E-state index in [0.29, 0.717) is 11.1 Å². The Morgan fingerprint density at radius 2 is 0.857 bits per heavy atom. The molecule has 0 spiro atoms. The summed E-state index contributed by atoms with van der Waals surface area (Å²) in [5.41, 5.74) is 1.30. The van der Waals surface area contributed by atoms with Crippen LogP contribution in [0.5, 0.6) is 11.5 Å². The monoisotopic (exact) mass is 798 g/mol. The van der Waals surface area contributed by atoms with Crippen LogP contribution < -0.4 is 21.3 Å². The van der Waals surface area contributed by atoms with E-state index in [9.17, 15) is 55.3 Å². The summed E-state index contributed by atoms with van der Waals surface area (Å²) in [5, 5.41) is 30.5. The number of aromatic hydroxyl groups is 2. The Morgan fingerprint density at radius 3 is 1.20 bits per heavy atom. The van der Waals surface area contributed by atoms with Gasteiger partial charge in [0.25, 0.3) is 32.1 Å². The van der Waals surface area contributed by atoms with Crippen molar-refractivity contribution in [1.82, 2.24) is 0 Å². The van der Waals surface area contributed by atoms with Gasteiger partial charge in [-0.2, -0.15) is 16.8 Å². The maximum Gasteiger partial charge on any atom is 0.314 e. The van der Waals surface area contributed by atoms with Gasteiger partial charge in [0, 0.05) is 44.0 Å². The number of phenols is 2. The molecule has 0 atom stereocenters. The fourth-order valence-corrected chi connectivity index (χ4v) is 7.43. The van der Waals surface area contributed by atoms with E-state index in [1.807, 2.05) is 0 Å². The van der Waals surface area contributed by atoms with Crippen LogP contribution >= 0.6 is 0 Å². The minimum atomic E-state index is -4.73. The predicted molar refractivity (Wildman–Crippen MR) is 206 cm³/mol. The summed E-state index contributed by atoms with van der Waals surface area (Å²) in [6.07, 6.45) is 0. The molecular formula is C38H30N4O12S2. The third kappa shape index (κ3) is 7.84. The molecule has 6 aromatic rings. The van der Waals surface area contributed by atoms with Crippen LogP contribution in [0.3, 0.4) is 0 Å². The second-order valence-electron chi connectivity index (χ2n) is 12.4. The van der Waals surface area contributed by atoms with Crippen LogP contribution in [0.25, 0.3) is 21.5 Å². The van der Waals surface area contributed by atoms with Gasteiger partial charge < -0.3 is 31.5 Å². The zero-order valence-electron chi connectivity index (χ0n) is 29.1. The summed E-state index contributed by atoms with van der Waals surface area (Å²) >= 11 is 0. The van der Waals surface area contributed by atoms with Crippen molar-refractivity contribution in [3.8, 4) is 11.5 Å². The number of anilines is 4. The molecule has 0 unspecified atom stereocenters. The van der Waals surface area contributed by atoms with Crippen molar-refractivity contribution in [3.05, 3.63) is 119 Å². The van der Waals surface area contributed by atoms with E-state index in [4.69, 9.17) is 0 Å². The highest BCUT2D eigenvalue weighted by Crippen LogP contribution is 2.37. The molecule has 286 valence electrons. The van der Waals surface area contributed by atoms with E-state index < -0.39 is 53.7 Å². The minimum Gasteiger partial charge on any atom is -0.507 e. The summed E-state index contributed by atoms with van der Waals surface area (Å²) in [5.74, 6) is -4.05. The maximum atomic E-state index is 13.2. The van der Waals surface area contributed by atoms with E-state index in [2.05, 4.69) is 21.3 Å². The van der Waals surface area contributed by atoms with E-state index >= 15 is 0 Å². The minimum absolute atomic E-state index is 0.00749. The summed E-state index contributed by atoms with van der Waals surface area (Å²) < 4.78 is 67.6. The molecule has 0 heterocycles. The van der Waals surface area contributed by atoms with Gasteiger partial charge in [-0.1, -0.05) is 24.3 Å². The zero-order valence-corrected chi connectivity index (χ0v) is 30.7. The first-order valence-corrected chi connectivity index (χ1v) is 19.1. The number of fused-ring (bicyclic) bond motifs is 2. The van der Waals surface area contributed by atoms with Crippen LogP contribution in [0.2, 0.25) is 0 Å². The SMILES string of the molecule is Cc1cc(C(=O)Nc2cccc3c(O)ccc(S(=O)(=O)O)c23)ccc1NC(=O)C(=O)Nc1ccc(C(=O)Nc2cccc3c(O)ccc(S(=O)(=O)O)c23)cc1C. The molecule has 0 aliphatic heterocycles. The molecule has 0 bridgehead atoms. The van der Waals surface area contributed by atoms with Crippen molar-refractivity contribution in [2.45, 2.75) is 23.6 Å². The molecule has 0 fully saturated rings. The van der Waals surface area contributed by atoms with Gasteiger partial charge in [-0.15, -0.1) is 0 Å². The molecule has 16 nitrogen and oxygen atoms in total. The highest BCUT2D eigenvalue weighted by atomic mass is 32.2. The average molecular weight is 799 g/mol. The molecule has 0 saturated heterocycles. The molecule has 56 heavy (non-hydrogen) atoms. The molecule has 0 aromatic heterocycles. The third-order valence-electron chi connectivity index (χ3n) is 8.69. The topological polar surface area (TPSA) is 266 Å². The van der Waals surface area contributed by atoms with Crippen LogP contribution in [-0.4, -0.2) is 59.8 Å². The average Bonchev–Trinajstić information content (AvgIpc) is 3.13. The summed E-state index contributed by atoms with van der Waals surface area (Å²) in [6.45, 7) is 3.13. The number of hydrogen-bond acceptors (Lipinski definition) is 10. The number of nitrogens with one attached hydrogen (secondary N) is 4. The number of hydrogen-bond donors (Lipinski definition) is 8. The molecule has 0 saturated carbocycles. The lowest BCUT2D eigenvalue weighted by Gasteiger charge is -2.14. The summed E-state index contributed by atoms with van der Waals surface area (Å²) in [4.78, 5) is 51.1. The van der Waals surface area contributed by atoms with Gasteiger partial charge >= 0.3 is 11.8 Å². The Kier molecular flexibility index (Phi) is 10.2. The van der Waals surface area contributed by atoms with Crippen molar-refractivity contribution >= 4 is 88.2 Å². The Hall–Kier alpha value is -6.86. The number of amides is 4. The van der Waals surface area contributed by atoms with E-state index in [-0.39, 0.29) is 66.9 Å². The molecule has 0 aliphatic carbocycles. The fraction of sp³-hybridized carbons (Fsp3) is 0.0526. The van der Waals surface area contributed by atoms with Crippen molar-refractivity contribution < 1.29 is 55.3 Å². The Bertz CT molecular complexity index is 2700. The number of phenolic OH excluding ortho intramolecular Hbond substituents is 2. The standard InChI is InChI=1S/C38H30N4O12S2/c1-19-17-21(35(45)41-27-7-3-5-23-29(43)13-15-31(33(23)27)55(49,50)51)9-11-25(19)39-37(47)38(48)40-26-12-10-22(18-20(26)2)36(46)42-28-8-4-6-24-30(44)14-16-32(34(24)28)56(52,53)54/h3-18,43-44H,1-2H3,(H,39,47)(H,40,48)(H,41,45)(H,42,46)(H,49,50,51)(H,52,53,54). The third-order valence-corrected chi connectivity index (χ3v) is 10.5.